The maximum Gasteiger partial charge on any atom is 0.384 e. The summed E-state index contributed by atoms with van der Waals surface area (Å²) in [5, 5.41) is 12.4. The molecule has 0 aliphatic heterocycles. The number of ether oxygens (including phenoxy) is 2. The predicted octanol–water partition coefficient (Wildman–Crippen LogP) is 5.40. The summed E-state index contributed by atoms with van der Waals surface area (Å²) in [6, 6.07) is 18.6. The standard InChI is InChI=1S/C27H35NO4/c1-21(2)18-24(16-17-26(29)32-27(3,4)5)28(30)25(23-14-10-7-11-15-23)20-31-19-22-12-8-6-9-13-22/h6-15,21,24-25,30H,18-20H2,1-5H3/t24-,25-/m1/s1. The van der Waals surface area contributed by atoms with E-state index < -0.39 is 23.7 Å². The minimum atomic E-state index is -0.615. The molecule has 2 rings (SSSR count). The van der Waals surface area contributed by atoms with Gasteiger partial charge in [-0.25, -0.2) is 4.79 Å². The van der Waals surface area contributed by atoms with Crippen LogP contribution in [0.25, 0.3) is 0 Å². The molecule has 0 aliphatic carbocycles. The van der Waals surface area contributed by atoms with Gasteiger partial charge in [0.15, 0.2) is 0 Å². The molecule has 0 unspecified atom stereocenters. The largest absolute Gasteiger partial charge is 0.450 e. The van der Waals surface area contributed by atoms with Crippen LogP contribution in [0.4, 0.5) is 0 Å². The molecule has 0 radical (unpaired) electrons. The van der Waals surface area contributed by atoms with E-state index in [1.54, 1.807) is 20.8 Å². The van der Waals surface area contributed by atoms with Crippen LogP contribution in [0.1, 0.15) is 58.2 Å². The van der Waals surface area contributed by atoms with Gasteiger partial charge in [0.05, 0.1) is 25.3 Å². The summed E-state index contributed by atoms with van der Waals surface area (Å²) in [6.45, 7) is 10.2. The zero-order valence-corrected chi connectivity index (χ0v) is 19.7. The Balaban J connectivity index is 2.20. The first-order valence-corrected chi connectivity index (χ1v) is 11.0. The molecular formula is C27H35NO4. The number of nitrogens with zero attached hydrogens (tertiary/aromatic N) is 1. The molecule has 0 heterocycles. The molecule has 0 saturated carbocycles. The van der Waals surface area contributed by atoms with Gasteiger partial charge in [-0.15, -0.1) is 0 Å². The highest BCUT2D eigenvalue weighted by Crippen LogP contribution is 2.25. The number of carbonyl (C=O) groups is 1. The Kier molecular flexibility index (Phi) is 9.93. The van der Waals surface area contributed by atoms with E-state index >= 15 is 0 Å². The third-order valence-electron chi connectivity index (χ3n) is 4.64. The van der Waals surface area contributed by atoms with Crippen molar-refractivity contribution in [2.75, 3.05) is 6.61 Å². The van der Waals surface area contributed by atoms with Crippen molar-refractivity contribution in [1.82, 2.24) is 5.06 Å². The van der Waals surface area contributed by atoms with Gasteiger partial charge in [0.1, 0.15) is 5.60 Å². The molecule has 2 aromatic rings. The number of carbonyl (C=O) groups excluding carboxylic acids is 1. The molecule has 5 heteroatoms. The van der Waals surface area contributed by atoms with Crippen LogP contribution >= 0.6 is 0 Å². The molecular weight excluding hydrogens is 402 g/mol. The van der Waals surface area contributed by atoms with Crippen LogP contribution in [0.5, 0.6) is 0 Å². The summed E-state index contributed by atoms with van der Waals surface area (Å²) in [7, 11) is 0. The van der Waals surface area contributed by atoms with Crippen LogP contribution in [0, 0.1) is 17.8 Å². The Morgan fingerprint density at radius 3 is 2.19 bits per heavy atom. The molecule has 0 amide bonds. The highest BCUT2D eigenvalue weighted by atomic mass is 16.6. The molecule has 0 fully saturated rings. The lowest BCUT2D eigenvalue weighted by Gasteiger charge is -2.31. The Morgan fingerprint density at radius 2 is 1.62 bits per heavy atom. The van der Waals surface area contributed by atoms with Gasteiger partial charge >= 0.3 is 5.97 Å². The number of benzene rings is 2. The number of hydrogen-bond acceptors (Lipinski definition) is 5. The van der Waals surface area contributed by atoms with Crippen molar-refractivity contribution in [3.63, 3.8) is 0 Å². The Bertz CT molecular complexity index is 879. The van der Waals surface area contributed by atoms with E-state index in [-0.39, 0.29) is 12.5 Å². The average Bonchev–Trinajstić information content (AvgIpc) is 2.73. The third-order valence-corrected chi connectivity index (χ3v) is 4.64. The lowest BCUT2D eigenvalue weighted by atomic mass is 10.0. The second-order valence-electron chi connectivity index (χ2n) is 9.22. The Hall–Kier alpha value is -2.65. The summed E-state index contributed by atoms with van der Waals surface area (Å²) in [6.07, 6.45) is 0.592. The SMILES string of the molecule is CC(C)C[C@@H](C#CC(=O)OC(C)(C)C)N(O)[C@H](COCc1ccccc1)c1ccccc1. The maximum absolute atomic E-state index is 12.1. The van der Waals surface area contributed by atoms with Crippen LogP contribution in [0.3, 0.4) is 0 Å². The lowest BCUT2D eigenvalue weighted by molar-refractivity contribution is -0.166. The molecule has 0 spiro atoms. The first kappa shape index (κ1) is 25.6. The fourth-order valence-corrected chi connectivity index (χ4v) is 3.21. The van der Waals surface area contributed by atoms with Crippen molar-refractivity contribution in [1.29, 1.82) is 0 Å². The van der Waals surface area contributed by atoms with Crippen molar-refractivity contribution in [2.45, 2.75) is 65.3 Å². The monoisotopic (exact) mass is 437 g/mol. The van der Waals surface area contributed by atoms with E-state index in [9.17, 15) is 10.0 Å². The van der Waals surface area contributed by atoms with E-state index in [1.807, 2.05) is 60.7 Å². The second kappa shape index (κ2) is 12.4. The summed E-state index contributed by atoms with van der Waals surface area (Å²) >= 11 is 0. The van der Waals surface area contributed by atoms with Crippen LogP contribution in [0.15, 0.2) is 60.7 Å². The highest BCUT2D eigenvalue weighted by molar-refractivity contribution is 5.88. The van der Waals surface area contributed by atoms with Crippen molar-refractivity contribution < 1.29 is 19.5 Å². The van der Waals surface area contributed by atoms with Crippen molar-refractivity contribution in [2.24, 2.45) is 5.92 Å². The minimum Gasteiger partial charge on any atom is -0.450 e. The van der Waals surface area contributed by atoms with Gasteiger partial charge in [-0.3, -0.25) is 0 Å². The van der Waals surface area contributed by atoms with Crippen molar-refractivity contribution >= 4 is 5.97 Å². The van der Waals surface area contributed by atoms with E-state index in [0.29, 0.717) is 13.0 Å². The zero-order valence-electron chi connectivity index (χ0n) is 19.7. The fraction of sp³-hybridized carbons (Fsp3) is 0.444. The zero-order chi connectivity index (χ0) is 23.6. The van der Waals surface area contributed by atoms with Crippen molar-refractivity contribution in [3.8, 4) is 11.8 Å². The number of rotatable bonds is 9. The summed E-state index contributed by atoms with van der Waals surface area (Å²) < 4.78 is 11.3. The highest BCUT2D eigenvalue weighted by Gasteiger charge is 2.27. The van der Waals surface area contributed by atoms with Gasteiger partial charge in [-0.1, -0.05) is 80.4 Å². The van der Waals surface area contributed by atoms with E-state index in [0.717, 1.165) is 11.1 Å². The topological polar surface area (TPSA) is 59.0 Å². The van der Waals surface area contributed by atoms with Crippen LogP contribution in [-0.4, -0.2) is 34.5 Å². The number of hydrogen-bond donors (Lipinski definition) is 1. The number of hydroxylamine groups is 2. The first-order valence-electron chi connectivity index (χ1n) is 11.0. The average molecular weight is 438 g/mol. The quantitative estimate of drug-likeness (QED) is 0.246. The molecule has 0 aliphatic rings. The molecule has 0 saturated heterocycles. The Labute approximate surface area is 192 Å². The van der Waals surface area contributed by atoms with Crippen LogP contribution in [0.2, 0.25) is 0 Å². The number of esters is 1. The molecule has 32 heavy (non-hydrogen) atoms. The van der Waals surface area contributed by atoms with Gasteiger partial charge in [0, 0.05) is 5.92 Å². The molecule has 2 aromatic carbocycles. The van der Waals surface area contributed by atoms with E-state index in [1.165, 1.54) is 5.06 Å². The second-order valence-corrected chi connectivity index (χ2v) is 9.22. The van der Waals surface area contributed by atoms with Gasteiger partial charge in [-0.2, -0.15) is 5.06 Å². The minimum absolute atomic E-state index is 0.268. The molecule has 0 aromatic heterocycles. The van der Waals surface area contributed by atoms with Crippen molar-refractivity contribution in [3.05, 3.63) is 71.8 Å². The third kappa shape index (κ3) is 9.23. The van der Waals surface area contributed by atoms with E-state index in [2.05, 4.69) is 25.7 Å². The molecule has 172 valence electrons. The van der Waals surface area contributed by atoms with Crippen LogP contribution < -0.4 is 0 Å². The molecule has 0 bridgehead atoms. The predicted molar refractivity (Wildman–Crippen MR) is 126 cm³/mol. The maximum atomic E-state index is 12.1. The van der Waals surface area contributed by atoms with Gasteiger partial charge < -0.3 is 14.7 Å². The summed E-state index contributed by atoms with van der Waals surface area (Å²) in [5.74, 6) is 5.15. The first-order chi connectivity index (χ1) is 15.2. The van der Waals surface area contributed by atoms with E-state index in [4.69, 9.17) is 9.47 Å². The fourth-order valence-electron chi connectivity index (χ4n) is 3.21. The molecule has 2 atom stereocenters. The summed E-state index contributed by atoms with van der Waals surface area (Å²) in [5.41, 5.74) is 1.36. The molecule has 5 nitrogen and oxygen atoms in total. The van der Waals surface area contributed by atoms with Crippen LogP contribution in [-0.2, 0) is 20.9 Å². The van der Waals surface area contributed by atoms with Gasteiger partial charge in [-0.05, 0) is 44.2 Å². The Morgan fingerprint density at radius 1 is 1.03 bits per heavy atom. The van der Waals surface area contributed by atoms with Gasteiger partial charge in [0.25, 0.3) is 0 Å². The van der Waals surface area contributed by atoms with Gasteiger partial charge in [0.2, 0.25) is 0 Å². The smallest absolute Gasteiger partial charge is 0.384 e. The normalized spacial score (nSPS) is 13.4. The lowest BCUT2D eigenvalue weighted by Crippen LogP contribution is -2.38. The summed E-state index contributed by atoms with van der Waals surface area (Å²) in [4.78, 5) is 12.1. The molecule has 1 N–H and O–H groups in total.